The van der Waals surface area contributed by atoms with Gasteiger partial charge in [-0.1, -0.05) is 25.0 Å². The van der Waals surface area contributed by atoms with E-state index >= 15 is 0 Å². The van der Waals surface area contributed by atoms with Crippen molar-refractivity contribution in [3.63, 3.8) is 0 Å². The molecule has 3 nitrogen and oxygen atoms in total. The zero-order valence-corrected chi connectivity index (χ0v) is 11.2. The summed E-state index contributed by atoms with van der Waals surface area (Å²) < 4.78 is 27.1. The second-order valence-corrected chi connectivity index (χ2v) is 6.65. The van der Waals surface area contributed by atoms with Crippen molar-refractivity contribution in [1.82, 2.24) is 4.72 Å². The van der Waals surface area contributed by atoms with Crippen LogP contribution in [0.2, 0.25) is 0 Å². The molecular weight excluding hydrogens is 290 g/mol. The zero-order valence-electron chi connectivity index (χ0n) is 8.82. The molecule has 1 aromatic rings. The van der Waals surface area contributed by atoms with Gasteiger partial charge >= 0.3 is 0 Å². The summed E-state index contributed by atoms with van der Waals surface area (Å²) in [6, 6.07) is 6.85. The highest BCUT2D eigenvalue weighted by Gasteiger charge is 2.22. The first-order valence-electron chi connectivity index (χ1n) is 5.34. The first-order chi connectivity index (χ1) is 7.59. The summed E-state index contributed by atoms with van der Waals surface area (Å²) in [4.78, 5) is 0.311. The van der Waals surface area contributed by atoms with Crippen molar-refractivity contribution in [2.45, 2.75) is 24.2 Å². The van der Waals surface area contributed by atoms with Crippen LogP contribution in [0.3, 0.4) is 0 Å². The summed E-state index contributed by atoms with van der Waals surface area (Å²) in [5.41, 5.74) is 0. The van der Waals surface area contributed by atoms with E-state index in [1.54, 1.807) is 24.3 Å². The second kappa shape index (κ2) is 4.85. The van der Waals surface area contributed by atoms with Gasteiger partial charge in [-0.15, -0.1) is 0 Å². The fourth-order valence-corrected chi connectivity index (χ4v) is 3.59. The molecule has 1 saturated carbocycles. The number of hydrogen-bond donors (Lipinski definition) is 1. The fraction of sp³-hybridized carbons (Fsp3) is 0.455. The molecule has 0 unspecified atom stereocenters. The number of hydrogen-bond acceptors (Lipinski definition) is 2. The maximum Gasteiger partial charge on any atom is 0.241 e. The van der Waals surface area contributed by atoms with Gasteiger partial charge in [-0.25, -0.2) is 13.1 Å². The van der Waals surface area contributed by atoms with Crippen LogP contribution in [0.5, 0.6) is 0 Å². The van der Waals surface area contributed by atoms with Gasteiger partial charge in [0.1, 0.15) is 0 Å². The van der Waals surface area contributed by atoms with Gasteiger partial charge in [0.05, 0.1) is 4.90 Å². The maximum atomic E-state index is 11.9. The van der Waals surface area contributed by atoms with Crippen LogP contribution in [0.25, 0.3) is 0 Å². The number of halogens is 1. The fourth-order valence-electron chi connectivity index (χ4n) is 1.54. The summed E-state index contributed by atoms with van der Waals surface area (Å²) in [5.74, 6) is 0.738. The van der Waals surface area contributed by atoms with E-state index in [4.69, 9.17) is 0 Å². The molecule has 1 N–H and O–H groups in total. The van der Waals surface area contributed by atoms with Gasteiger partial charge in [0.15, 0.2) is 0 Å². The Morgan fingerprint density at radius 3 is 2.62 bits per heavy atom. The van der Waals surface area contributed by atoms with Crippen LogP contribution in [0.4, 0.5) is 0 Å². The molecule has 0 aromatic heterocycles. The summed E-state index contributed by atoms with van der Waals surface area (Å²) in [6.07, 6.45) is 3.44. The van der Waals surface area contributed by atoms with Gasteiger partial charge < -0.3 is 0 Å². The Labute approximate surface area is 104 Å². The van der Waals surface area contributed by atoms with E-state index in [1.165, 1.54) is 12.8 Å². The van der Waals surface area contributed by atoms with E-state index in [9.17, 15) is 8.42 Å². The first kappa shape index (κ1) is 12.1. The van der Waals surface area contributed by atoms with Gasteiger partial charge in [-0.2, -0.15) is 0 Å². The van der Waals surface area contributed by atoms with E-state index < -0.39 is 10.0 Å². The van der Waals surface area contributed by atoms with Crippen molar-refractivity contribution in [2.24, 2.45) is 5.92 Å². The molecule has 0 aliphatic heterocycles. The number of rotatable bonds is 5. The molecular formula is C11H14BrNO2S. The number of sulfonamides is 1. The molecule has 0 radical (unpaired) electrons. The summed E-state index contributed by atoms with van der Waals surface area (Å²) >= 11 is 3.25. The van der Waals surface area contributed by atoms with Gasteiger partial charge in [0.2, 0.25) is 10.0 Å². The Morgan fingerprint density at radius 1 is 1.31 bits per heavy atom. The van der Waals surface area contributed by atoms with Crippen molar-refractivity contribution in [3.05, 3.63) is 28.7 Å². The third-order valence-electron chi connectivity index (χ3n) is 2.67. The van der Waals surface area contributed by atoms with Crippen molar-refractivity contribution in [1.29, 1.82) is 0 Å². The Balaban J connectivity index is 2.03. The normalized spacial score (nSPS) is 16.3. The minimum Gasteiger partial charge on any atom is -0.211 e. The molecule has 1 aliphatic carbocycles. The monoisotopic (exact) mass is 303 g/mol. The number of benzene rings is 1. The molecule has 0 atom stereocenters. The molecule has 1 aromatic carbocycles. The summed E-state index contributed by atoms with van der Waals surface area (Å²) in [6.45, 7) is 0.536. The van der Waals surface area contributed by atoms with Crippen molar-refractivity contribution >= 4 is 26.0 Å². The van der Waals surface area contributed by atoms with E-state index in [1.807, 2.05) is 0 Å². The van der Waals surface area contributed by atoms with Gasteiger partial charge in [-0.05, 0) is 40.4 Å². The molecule has 1 aliphatic rings. The number of nitrogens with one attached hydrogen (secondary N) is 1. The average molecular weight is 304 g/mol. The lowest BCUT2D eigenvalue weighted by atomic mass is 10.3. The Kier molecular flexibility index (Phi) is 3.66. The molecule has 0 amide bonds. The Bertz CT molecular complexity index is 469. The molecule has 0 saturated heterocycles. The van der Waals surface area contributed by atoms with E-state index in [2.05, 4.69) is 20.7 Å². The summed E-state index contributed by atoms with van der Waals surface area (Å²) in [5, 5.41) is 0. The SMILES string of the molecule is O=S(=O)(NCCC1CC1)c1ccccc1Br. The highest BCUT2D eigenvalue weighted by atomic mass is 79.9. The van der Waals surface area contributed by atoms with Gasteiger partial charge in [0, 0.05) is 11.0 Å². The van der Waals surface area contributed by atoms with Crippen LogP contribution in [0.15, 0.2) is 33.6 Å². The maximum absolute atomic E-state index is 11.9. The molecule has 2 rings (SSSR count). The van der Waals surface area contributed by atoms with Crippen molar-refractivity contribution in [2.75, 3.05) is 6.54 Å². The van der Waals surface area contributed by atoms with Crippen molar-refractivity contribution < 1.29 is 8.42 Å². The lowest BCUT2D eigenvalue weighted by Gasteiger charge is -2.07. The van der Waals surface area contributed by atoms with Crippen LogP contribution in [0.1, 0.15) is 19.3 Å². The molecule has 5 heteroatoms. The van der Waals surface area contributed by atoms with Crippen LogP contribution in [-0.4, -0.2) is 15.0 Å². The smallest absolute Gasteiger partial charge is 0.211 e. The predicted molar refractivity (Wildman–Crippen MR) is 66.7 cm³/mol. The molecule has 0 bridgehead atoms. The molecule has 0 heterocycles. The van der Waals surface area contributed by atoms with Crippen LogP contribution < -0.4 is 4.72 Å². The molecule has 88 valence electrons. The third-order valence-corrected chi connectivity index (χ3v) is 5.14. The lowest BCUT2D eigenvalue weighted by molar-refractivity contribution is 0.575. The molecule has 1 fully saturated rings. The standard InChI is InChI=1S/C11H14BrNO2S/c12-10-3-1-2-4-11(10)16(14,15)13-8-7-9-5-6-9/h1-4,9,13H,5-8H2. The van der Waals surface area contributed by atoms with Gasteiger partial charge in [0.25, 0.3) is 0 Å². The van der Waals surface area contributed by atoms with Crippen LogP contribution in [0, 0.1) is 5.92 Å². The zero-order chi connectivity index (χ0) is 11.6. The average Bonchev–Trinajstić information content (AvgIpc) is 3.02. The summed E-state index contributed by atoms with van der Waals surface area (Å²) in [7, 11) is -3.36. The third kappa shape index (κ3) is 3.06. The van der Waals surface area contributed by atoms with E-state index in [-0.39, 0.29) is 0 Å². The minimum absolute atomic E-state index is 0.311. The van der Waals surface area contributed by atoms with Crippen LogP contribution in [-0.2, 0) is 10.0 Å². The van der Waals surface area contributed by atoms with E-state index in [0.29, 0.717) is 15.9 Å². The highest BCUT2D eigenvalue weighted by Crippen LogP contribution is 2.32. The minimum atomic E-state index is -3.36. The molecule has 0 spiro atoms. The Hall–Kier alpha value is -0.390. The van der Waals surface area contributed by atoms with Crippen LogP contribution >= 0.6 is 15.9 Å². The lowest BCUT2D eigenvalue weighted by Crippen LogP contribution is -2.25. The largest absolute Gasteiger partial charge is 0.241 e. The Morgan fingerprint density at radius 2 is 2.00 bits per heavy atom. The first-order valence-corrected chi connectivity index (χ1v) is 7.61. The van der Waals surface area contributed by atoms with Gasteiger partial charge in [-0.3, -0.25) is 0 Å². The predicted octanol–water partition coefficient (Wildman–Crippen LogP) is 2.53. The second-order valence-electron chi connectivity index (χ2n) is 4.06. The van der Waals surface area contributed by atoms with Crippen molar-refractivity contribution in [3.8, 4) is 0 Å². The topological polar surface area (TPSA) is 46.2 Å². The quantitative estimate of drug-likeness (QED) is 0.908. The highest BCUT2D eigenvalue weighted by molar-refractivity contribution is 9.10. The molecule has 16 heavy (non-hydrogen) atoms. The van der Waals surface area contributed by atoms with E-state index in [0.717, 1.165) is 12.3 Å².